The normalized spacial score (nSPS) is 22.2. The van der Waals surface area contributed by atoms with E-state index in [1.54, 1.807) is 23.6 Å². The lowest BCUT2D eigenvalue weighted by Gasteiger charge is -2.39. The van der Waals surface area contributed by atoms with Crippen molar-refractivity contribution in [2.75, 3.05) is 26.2 Å². The van der Waals surface area contributed by atoms with E-state index in [2.05, 4.69) is 17.1 Å². The number of aliphatic hydroxyl groups is 1. The number of likely N-dealkylation sites (tertiary alicyclic amines) is 2. The minimum Gasteiger partial charge on any atom is -0.410 e. The number of nitrogens with zero attached hydrogens (tertiary/aromatic N) is 4. The van der Waals surface area contributed by atoms with Crippen LogP contribution in [0.4, 0.5) is 4.79 Å². The topological polar surface area (TPSA) is 117 Å². The van der Waals surface area contributed by atoms with E-state index in [0.717, 1.165) is 34.9 Å². The van der Waals surface area contributed by atoms with Crippen molar-refractivity contribution in [3.05, 3.63) is 56.9 Å². The maximum Gasteiger partial charge on any atom is 0.415 e. The standard InChI is InChI=1S/C33H39N5O5/c1-3-22-23-16-21(43-32(41)37-14-10-20(11-15-37)36-12-6-5-7-13-36)8-9-27(23)35-29-25(22)19-38-28(29)17-26-24(30(38)39)18-34-31(40)33(26,42)4-2/h8-9,16-17,20,42H,3-7,10-15,18-19H2,1-2H3,(H,34,40). The molecule has 4 aliphatic heterocycles. The van der Waals surface area contributed by atoms with Gasteiger partial charge in [0.2, 0.25) is 0 Å². The van der Waals surface area contributed by atoms with Gasteiger partial charge in [0.05, 0.1) is 23.4 Å². The van der Waals surface area contributed by atoms with Gasteiger partial charge in [0.1, 0.15) is 5.75 Å². The van der Waals surface area contributed by atoms with Crippen molar-refractivity contribution < 1.29 is 19.4 Å². The van der Waals surface area contributed by atoms with Crippen molar-refractivity contribution in [3.63, 3.8) is 0 Å². The third-order valence-electron chi connectivity index (χ3n) is 10.1. The number of hydrogen-bond acceptors (Lipinski definition) is 7. The van der Waals surface area contributed by atoms with Crippen molar-refractivity contribution in [3.8, 4) is 17.1 Å². The predicted octanol–water partition coefficient (Wildman–Crippen LogP) is 3.66. The molecule has 3 aromatic rings. The number of carbonyl (C=O) groups is 2. The summed E-state index contributed by atoms with van der Waals surface area (Å²) in [7, 11) is 0. The molecule has 0 bridgehead atoms. The molecule has 0 saturated carbocycles. The number of benzene rings is 1. The zero-order chi connectivity index (χ0) is 29.9. The lowest BCUT2D eigenvalue weighted by atomic mass is 9.84. The molecule has 1 atom stereocenters. The average Bonchev–Trinajstić information content (AvgIpc) is 3.41. The molecule has 0 radical (unpaired) electrons. The summed E-state index contributed by atoms with van der Waals surface area (Å²) in [5.74, 6) is -0.00734. The summed E-state index contributed by atoms with van der Waals surface area (Å²) in [6.07, 6.45) is 6.36. The molecule has 7 rings (SSSR count). The lowest BCUT2D eigenvalue weighted by molar-refractivity contribution is -0.142. The second-order valence-corrected chi connectivity index (χ2v) is 12.3. The van der Waals surface area contributed by atoms with Crippen LogP contribution in [0.1, 0.15) is 74.6 Å². The predicted molar refractivity (Wildman–Crippen MR) is 162 cm³/mol. The van der Waals surface area contributed by atoms with Gasteiger partial charge < -0.3 is 29.5 Å². The number of fused-ring (bicyclic) bond motifs is 5. The molecule has 10 nitrogen and oxygen atoms in total. The summed E-state index contributed by atoms with van der Waals surface area (Å²) in [6.45, 7) is 7.99. The molecule has 43 heavy (non-hydrogen) atoms. The summed E-state index contributed by atoms with van der Waals surface area (Å²) < 4.78 is 7.57. The number of aryl methyl sites for hydroxylation is 1. The van der Waals surface area contributed by atoms with Gasteiger partial charge in [-0.2, -0.15) is 0 Å². The van der Waals surface area contributed by atoms with Crippen LogP contribution in [0, 0.1) is 0 Å². The number of pyridine rings is 2. The molecule has 4 aliphatic rings. The van der Waals surface area contributed by atoms with Gasteiger partial charge in [-0.15, -0.1) is 0 Å². The van der Waals surface area contributed by atoms with Gasteiger partial charge in [0.25, 0.3) is 11.5 Å². The first-order valence-corrected chi connectivity index (χ1v) is 15.8. The van der Waals surface area contributed by atoms with Gasteiger partial charge in [0.15, 0.2) is 5.60 Å². The Morgan fingerprint density at radius 2 is 1.84 bits per heavy atom. The molecule has 2 N–H and O–H groups in total. The number of carbonyl (C=O) groups excluding carboxylic acids is 2. The van der Waals surface area contributed by atoms with Crippen LogP contribution in [0.5, 0.6) is 5.75 Å². The van der Waals surface area contributed by atoms with E-state index in [1.165, 1.54) is 32.4 Å². The number of rotatable bonds is 4. The summed E-state index contributed by atoms with van der Waals surface area (Å²) >= 11 is 0. The van der Waals surface area contributed by atoms with Crippen molar-refractivity contribution in [1.82, 2.24) is 24.7 Å². The average molecular weight is 586 g/mol. The van der Waals surface area contributed by atoms with Crippen molar-refractivity contribution >= 4 is 22.9 Å². The highest BCUT2D eigenvalue weighted by Gasteiger charge is 2.43. The fourth-order valence-electron chi connectivity index (χ4n) is 7.59. The summed E-state index contributed by atoms with van der Waals surface area (Å²) in [5, 5.41) is 14.8. The van der Waals surface area contributed by atoms with E-state index >= 15 is 0 Å². The van der Waals surface area contributed by atoms with E-state index in [4.69, 9.17) is 9.72 Å². The van der Waals surface area contributed by atoms with Gasteiger partial charge in [-0.05, 0) is 81.4 Å². The summed E-state index contributed by atoms with van der Waals surface area (Å²) in [5.41, 5.74) is 2.83. The Hall–Kier alpha value is -3.76. The van der Waals surface area contributed by atoms with Crippen LogP contribution in [-0.4, -0.2) is 68.7 Å². The van der Waals surface area contributed by atoms with Crippen LogP contribution in [-0.2, 0) is 29.9 Å². The first-order chi connectivity index (χ1) is 20.8. The summed E-state index contributed by atoms with van der Waals surface area (Å²) in [4.78, 5) is 48.7. The minimum absolute atomic E-state index is 0.0899. The van der Waals surface area contributed by atoms with Gasteiger partial charge in [-0.25, -0.2) is 9.78 Å². The molecule has 2 saturated heterocycles. The van der Waals surface area contributed by atoms with E-state index < -0.39 is 11.5 Å². The summed E-state index contributed by atoms with van der Waals surface area (Å²) in [6, 6.07) is 7.84. The highest BCUT2D eigenvalue weighted by molar-refractivity contribution is 5.91. The Labute approximate surface area is 250 Å². The van der Waals surface area contributed by atoms with Crippen LogP contribution in [0.2, 0.25) is 0 Å². The number of hydrogen-bond donors (Lipinski definition) is 2. The zero-order valence-electron chi connectivity index (χ0n) is 24.9. The molecule has 10 heteroatoms. The Morgan fingerprint density at radius 1 is 1.07 bits per heavy atom. The molecule has 2 aromatic heterocycles. The molecule has 6 heterocycles. The van der Waals surface area contributed by atoms with E-state index in [-0.39, 0.29) is 24.6 Å². The minimum atomic E-state index is -1.75. The van der Waals surface area contributed by atoms with Crippen molar-refractivity contribution in [1.29, 1.82) is 0 Å². The maximum absolute atomic E-state index is 13.6. The molecule has 1 unspecified atom stereocenters. The third-order valence-corrected chi connectivity index (χ3v) is 10.1. The molecular formula is C33H39N5O5. The fourth-order valence-corrected chi connectivity index (χ4v) is 7.59. The number of nitrogens with one attached hydrogen (secondary N) is 1. The molecule has 2 amide bonds. The highest BCUT2D eigenvalue weighted by Crippen LogP contribution is 2.40. The molecule has 0 aliphatic carbocycles. The Morgan fingerprint density at radius 3 is 2.56 bits per heavy atom. The molecular weight excluding hydrogens is 546 g/mol. The monoisotopic (exact) mass is 585 g/mol. The van der Waals surface area contributed by atoms with Crippen LogP contribution < -0.4 is 15.6 Å². The van der Waals surface area contributed by atoms with Gasteiger partial charge in [0, 0.05) is 47.8 Å². The molecule has 2 fully saturated rings. The van der Waals surface area contributed by atoms with E-state index in [1.807, 2.05) is 17.0 Å². The molecule has 0 spiro atoms. The lowest BCUT2D eigenvalue weighted by Crippen LogP contribution is -2.50. The Kier molecular flexibility index (Phi) is 7.01. The zero-order valence-corrected chi connectivity index (χ0v) is 24.9. The van der Waals surface area contributed by atoms with Gasteiger partial charge >= 0.3 is 6.09 Å². The smallest absolute Gasteiger partial charge is 0.410 e. The first-order valence-electron chi connectivity index (χ1n) is 15.8. The van der Waals surface area contributed by atoms with Crippen LogP contribution in [0.15, 0.2) is 29.1 Å². The van der Waals surface area contributed by atoms with Crippen molar-refractivity contribution in [2.24, 2.45) is 0 Å². The third kappa shape index (κ3) is 4.53. The fraction of sp³-hybridized carbons (Fsp3) is 0.515. The Bertz CT molecular complexity index is 1690. The van der Waals surface area contributed by atoms with Crippen molar-refractivity contribution in [2.45, 2.75) is 83.5 Å². The van der Waals surface area contributed by atoms with E-state index in [0.29, 0.717) is 60.4 Å². The second kappa shape index (κ2) is 10.7. The molecule has 1 aromatic carbocycles. The quantitative estimate of drug-likeness (QED) is 0.375. The number of piperidine rings is 2. The number of amides is 2. The van der Waals surface area contributed by atoms with Crippen LogP contribution in [0.25, 0.3) is 22.3 Å². The van der Waals surface area contributed by atoms with Crippen LogP contribution >= 0.6 is 0 Å². The van der Waals surface area contributed by atoms with Gasteiger partial charge in [-0.1, -0.05) is 20.3 Å². The maximum atomic E-state index is 13.6. The Balaban J connectivity index is 1.16. The highest BCUT2D eigenvalue weighted by atomic mass is 16.6. The van der Waals surface area contributed by atoms with E-state index in [9.17, 15) is 19.5 Å². The first kappa shape index (κ1) is 28.0. The number of ether oxygens (including phenoxy) is 1. The van der Waals surface area contributed by atoms with Crippen LogP contribution in [0.3, 0.4) is 0 Å². The second-order valence-electron chi connectivity index (χ2n) is 12.3. The largest absolute Gasteiger partial charge is 0.415 e. The van der Waals surface area contributed by atoms with Gasteiger partial charge in [-0.3, -0.25) is 9.59 Å². The molecule has 226 valence electrons. The SMILES string of the molecule is CCc1c2c(nc3ccc(OC(=O)N4CCC(N5CCCCC5)CC4)cc13)-c1cc3c(c(=O)n1C2)CNC(=O)C3(O)CC. The number of aromatic nitrogens is 2.